The highest BCUT2D eigenvalue weighted by Gasteiger charge is 2.31. The van der Waals surface area contributed by atoms with Crippen LogP contribution >= 0.6 is 11.8 Å². The number of aromatic nitrogens is 2. The number of nitrogens with two attached hydrogens (primary N) is 1. The summed E-state index contributed by atoms with van der Waals surface area (Å²) >= 11 is 2.11. The van der Waals surface area contributed by atoms with Crippen molar-refractivity contribution in [3.05, 3.63) is 24.0 Å². The Morgan fingerprint density at radius 3 is 3.00 bits per heavy atom. The summed E-state index contributed by atoms with van der Waals surface area (Å²) in [6.45, 7) is 5.67. The molecule has 3 rings (SSSR count). The number of rotatable bonds is 4. The molecule has 1 aromatic carbocycles. The molecule has 4 heteroatoms. The molecule has 2 N–H and O–H groups in total. The summed E-state index contributed by atoms with van der Waals surface area (Å²) in [7, 11) is 0. The molecule has 1 unspecified atom stereocenters. The third-order valence-electron chi connectivity index (χ3n) is 4.12. The lowest BCUT2D eigenvalue weighted by Gasteiger charge is -2.24. The van der Waals surface area contributed by atoms with E-state index < -0.39 is 0 Å². The van der Waals surface area contributed by atoms with E-state index in [0.717, 1.165) is 30.6 Å². The maximum Gasteiger partial charge on any atom is 0.109 e. The summed E-state index contributed by atoms with van der Waals surface area (Å²) in [4.78, 5) is 4.81. The molecule has 1 aliphatic heterocycles. The van der Waals surface area contributed by atoms with E-state index in [1.165, 1.54) is 29.9 Å². The Kier molecular flexibility index (Phi) is 3.67. The van der Waals surface area contributed by atoms with Crippen molar-refractivity contribution in [2.24, 2.45) is 0 Å². The molecule has 0 radical (unpaired) electrons. The molecule has 0 amide bonds. The molecule has 20 heavy (non-hydrogen) atoms. The van der Waals surface area contributed by atoms with Crippen LogP contribution in [0.25, 0.3) is 11.0 Å². The topological polar surface area (TPSA) is 43.8 Å². The van der Waals surface area contributed by atoms with E-state index in [1.54, 1.807) is 0 Å². The second-order valence-electron chi connectivity index (χ2n) is 6.01. The number of benzene rings is 1. The molecular formula is C16H23N3S. The number of fused-ring (bicyclic) bond motifs is 1. The van der Waals surface area contributed by atoms with E-state index in [1.807, 2.05) is 12.1 Å². The molecule has 1 saturated heterocycles. The van der Waals surface area contributed by atoms with E-state index in [4.69, 9.17) is 10.7 Å². The summed E-state index contributed by atoms with van der Waals surface area (Å²) in [6, 6.07) is 6.11. The summed E-state index contributed by atoms with van der Waals surface area (Å²) < 4.78 is 2.79. The number of hydrogen-bond donors (Lipinski definition) is 1. The Balaban J connectivity index is 2.04. The number of thioether (sulfide) groups is 1. The molecule has 1 aliphatic rings. The number of aryl methyl sites for hydroxylation is 1. The van der Waals surface area contributed by atoms with Crippen LogP contribution < -0.4 is 5.73 Å². The van der Waals surface area contributed by atoms with Crippen molar-refractivity contribution in [1.82, 2.24) is 9.55 Å². The molecular weight excluding hydrogens is 266 g/mol. The van der Waals surface area contributed by atoms with E-state index in [0.29, 0.717) is 4.75 Å². The fourth-order valence-corrected chi connectivity index (χ4v) is 4.37. The molecule has 2 aromatic rings. The minimum absolute atomic E-state index is 0.359. The lowest BCUT2D eigenvalue weighted by Crippen LogP contribution is -2.24. The van der Waals surface area contributed by atoms with Gasteiger partial charge in [0.25, 0.3) is 0 Å². The van der Waals surface area contributed by atoms with Crippen LogP contribution in [0, 0.1) is 0 Å². The average molecular weight is 289 g/mol. The third-order valence-corrected chi connectivity index (χ3v) is 5.64. The Bertz CT molecular complexity index is 611. The van der Waals surface area contributed by atoms with Crippen molar-refractivity contribution in [3.63, 3.8) is 0 Å². The molecule has 0 bridgehead atoms. The van der Waals surface area contributed by atoms with E-state index >= 15 is 0 Å². The van der Waals surface area contributed by atoms with Gasteiger partial charge in [0.2, 0.25) is 0 Å². The van der Waals surface area contributed by atoms with Crippen LogP contribution in [0.3, 0.4) is 0 Å². The maximum atomic E-state index is 5.89. The molecule has 0 aliphatic carbocycles. The van der Waals surface area contributed by atoms with Gasteiger partial charge in [0.15, 0.2) is 0 Å². The van der Waals surface area contributed by atoms with E-state index in [9.17, 15) is 0 Å². The molecule has 0 saturated carbocycles. The largest absolute Gasteiger partial charge is 0.399 e. The molecule has 0 spiro atoms. The van der Waals surface area contributed by atoms with Crippen LogP contribution in [0.15, 0.2) is 18.2 Å². The van der Waals surface area contributed by atoms with Gasteiger partial charge in [0, 0.05) is 23.4 Å². The zero-order valence-electron chi connectivity index (χ0n) is 12.4. The van der Waals surface area contributed by atoms with Crippen molar-refractivity contribution in [2.45, 2.75) is 50.8 Å². The number of anilines is 1. The fraction of sp³-hybridized carbons (Fsp3) is 0.562. The predicted octanol–water partition coefficient (Wildman–Crippen LogP) is 3.86. The summed E-state index contributed by atoms with van der Waals surface area (Å²) in [5.41, 5.74) is 8.97. The van der Waals surface area contributed by atoms with Gasteiger partial charge in [0.1, 0.15) is 5.82 Å². The molecule has 1 atom stereocenters. The van der Waals surface area contributed by atoms with E-state index in [-0.39, 0.29) is 0 Å². The zero-order chi connectivity index (χ0) is 14.2. The Morgan fingerprint density at radius 2 is 2.30 bits per heavy atom. The quantitative estimate of drug-likeness (QED) is 0.869. The SMILES string of the molecule is CCCc1nc2cc(N)ccc2n1CC1(C)CCCS1. The molecule has 108 valence electrons. The van der Waals surface area contributed by atoms with Gasteiger partial charge >= 0.3 is 0 Å². The van der Waals surface area contributed by atoms with E-state index in [2.05, 4.69) is 36.2 Å². The van der Waals surface area contributed by atoms with Gasteiger partial charge in [-0.25, -0.2) is 4.98 Å². The first-order valence-electron chi connectivity index (χ1n) is 7.50. The predicted molar refractivity (Wildman–Crippen MR) is 88.2 cm³/mol. The highest BCUT2D eigenvalue weighted by Crippen LogP contribution is 2.40. The highest BCUT2D eigenvalue weighted by molar-refractivity contribution is 8.00. The summed E-state index contributed by atoms with van der Waals surface area (Å²) in [5, 5.41) is 0. The van der Waals surface area contributed by atoms with Crippen LogP contribution in [0.4, 0.5) is 5.69 Å². The number of hydrogen-bond acceptors (Lipinski definition) is 3. The zero-order valence-corrected chi connectivity index (χ0v) is 13.2. The van der Waals surface area contributed by atoms with Crippen LogP contribution in [-0.4, -0.2) is 20.1 Å². The first-order chi connectivity index (χ1) is 9.61. The lowest BCUT2D eigenvalue weighted by atomic mass is 10.1. The minimum Gasteiger partial charge on any atom is -0.399 e. The molecule has 1 fully saturated rings. The van der Waals surface area contributed by atoms with Crippen molar-refractivity contribution in [1.29, 1.82) is 0 Å². The van der Waals surface area contributed by atoms with Crippen molar-refractivity contribution in [3.8, 4) is 0 Å². The first kappa shape index (κ1) is 13.8. The minimum atomic E-state index is 0.359. The monoisotopic (exact) mass is 289 g/mol. The van der Waals surface area contributed by atoms with Gasteiger partial charge < -0.3 is 10.3 Å². The fourth-order valence-electron chi connectivity index (χ4n) is 3.08. The molecule has 2 heterocycles. The average Bonchev–Trinajstić information content (AvgIpc) is 2.96. The third kappa shape index (κ3) is 2.53. The molecule has 1 aromatic heterocycles. The van der Waals surface area contributed by atoms with Gasteiger partial charge in [-0.3, -0.25) is 0 Å². The van der Waals surface area contributed by atoms with Crippen LogP contribution in [0.2, 0.25) is 0 Å². The van der Waals surface area contributed by atoms with Crippen molar-refractivity contribution >= 4 is 28.5 Å². The van der Waals surface area contributed by atoms with Crippen LogP contribution in [0.1, 0.15) is 38.9 Å². The van der Waals surface area contributed by atoms with Gasteiger partial charge in [-0.1, -0.05) is 6.92 Å². The van der Waals surface area contributed by atoms with Gasteiger partial charge in [-0.2, -0.15) is 11.8 Å². The first-order valence-corrected chi connectivity index (χ1v) is 8.48. The van der Waals surface area contributed by atoms with Gasteiger partial charge in [0.05, 0.1) is 11.0 Å². The van der Waals surface area contributed by atoms with Gasteiger partial charge in [-0.05, 0) is 50.1 Å². The Morgan fingerprint density at radius 1 is 1.45 bits per heavy atom. The van der Waals surface area contributed by atoms with Crippen LogP contribution in [-0.2, 0) is 13.0 Å². The maximum absolute atomic E-state index is 5.89. The lowest BCUT2D eigenvalue weighted by molar-refractivity contribution is 0.504. The van der Waals surface area contributed by atoms with Crippen molar-refractivity contribution in [2.75, 3.05) is 11.5 Å². The van der Waals surface area contributed by atoms with Crippen LogP contribution in [0.5, 0.6) is 0 Å². The van der Waals surface area contributed by atoms with Gasteiger partial charge in [-0.15, -0.1) is 0 Å². The normalized spacial score (nSPS) is 22.7. The standard InChI is InChI=1S/C16H23N3S/c1-3-5-15-18-13-10-12(17)6-7-14(13)19(15)11-16(2)8-4-9-20-16/h6-7,10H,3-5,8-9,11,17H2,1-2H3. The number of nitrogen functional groups attached to an aromatic ring is 1. The summed E-state index contributed by atoms with van der Waals surface area (Å²) in [6.07, 6.45) is 4.81. The highest BCUT2D eigenvalue weighted by atomic mass is 32.2. The molecule has 3 nitrogen and oxygen atoms in total. The summed E-state index contributed by atoms with van der Waals surface area (Å²) in [5.74, 6) is 2.50. The van der Waals surface area contributed by atoms with Crippen molar-refractivity contribution < 1.29 is 0 Å². The Hall–Kier alpha value is -1.16. The Labute approximate surface area is 124 Å². The number of imidazole rings is 1. The second-order valence-corrected chi connectivity index (χ2v) is 7.70. The second kappa shape index (κ2) is 5.32. The number of nitrogens with zero attached hydrogens (tertiary/aromatic N) is 2. The smallest absolute Gasteiger partial charge is 0.109 e.